The molecule has 4 aliphatic rings. The molecule has 2 amide bonds. The van der Waals surface area contributed by atoms with Crippen LogP contribution in [0.1, 0.15) is 66.4 Å². The van der Waals surface area contributed by atoms with E-state index >= 15 is 0 Å². The van der Waals surface area contributed by atoms with Crippen LogP contribution in [-0.4, -0.2) is 64.4 Å². The second kappa shape index (κ2) is 18.1. The minimum Gasteiger partial charge on any atom is -0.506 e. The van der Waals surface area contributed by atoms with Crippen LogP contribution in [0.25, 0.3) is 22.2 Å². The Kier molecular flexibility index (Phi) is 13.0. The summed E-state index contributed by atoms with van der Waals surface area (Å²) in [5.74, 6) is 1.02. The van der Waals surface area contributed by atoms with E-state index in [9.17, 15) is 19.8 Å². The SMILES string of the molecule is F.F.O=C1CCc2c([C@@H](O)CNCc3ccc4oc(CCCCc5ccc(-c6ccccc6)c(NC(=O)O[C@H]6CN7CCC6CC7)c5)nc4c3)ccc(O)c2N1. The molecule has 9 rings (SSSR count). The first kappa shape index (κ1) is 40.3. The predicted molar refractivity (Wildman–Crippen MR) is 212 cm³/mol. The number of phenols is 1. The maximum absolute atomic E-state index is 13.2. The maximum Gasteiger partial charge on any atom is 0.411 e. The molecule has 4 aliphatic heterocycles. The van der Waals surface area contributed by atoms with E-state index < -0.39 is 6.10 Å². The summed E-state index contributed by atoms with van der Waals surface area (Å²) < 4.78 is 12.0. The molecular formula is C43H49F2N5O6. The third-order valence-corrected chi connectivity index (χ3v) is 11.1. The van der Waals surface area contributed by atoms with Crippen molar-refractivity contribution in [2.45, 2.75) is 70.1 Å². The van der Waals surface area contributed by atoms with Gasteiger partial charge in [-0.3, -0.25) is 24.4 Å². The first-order chi connectivity index (χ1) is 26.4. The van der Waals surface area contributed by atoms with Crippen LogP contribution in [0, 0.1) is 5.92 Å². The summed E-state index contributed by atoms with van der Waals surface area (Å²) in [6.07, 6.45) is 5.14. The smallest absolute Gasteiger partial charge is 0.411 e. The lowest BCUT2D eigenvalue weighted by Gasteiger charge is -2.43. The molecule has 2 bridgehead atoms. The van der Waals surface area contributed by atoms with E-state index in [4.69, 9.17) is 14.1 Å². The van der Waals surface area contributed by atoms with Crippen molar-refractivity contribution in [3.05, 3.63) is 107 Å². The number of phenolic OH excluding ortho intramolecular Hbond substituents is 1. The Morgan fingerprint density at radius 1 is 0.964 bits per heavy atom. The van der Waals surface area contributed by atoms with Crippen molar-refractivity contribution in [1.29, 1.82) is 0 Å². The van der Waals surface area contributed by atoms with Crippen LogP contribution in [0.15, 0.2) is 83.3 Å². The molecule has 0 saturated carbocycles. The first-order valence-electron chi connectivity index (χ1n) is 19.2. The zero-order chi connectivity index (χ0) is 37.0. The molecule has 0 aliphatic carbocycles. The van der Waals surface area contributed by atoms with Crippen LogP contribution in [0.4, 0.5) is 25.6 Å². The summed E-state index contributed by atoms with van der Waals surface area (Å²) >= 11 is 0. The fraction of sp³-hybridized carbons (Fsp3) is 0.372. The number of fused-ring (bicyclic) bond motifs is 5. The fourth-order valence-corrected chi connectivity index (χ4v) is 8.16. The van der Waals surface area contributed by atoms with Gasteiger partial charge < -0.3 is 30.0 Å². The molecule has 4 aromatic carbocycles. The summed E-state index contributed by atoms with van der Waals surface area (Å²) in [7, 11) is 0. The van der Waals surface area contributed by atoms with Crippen LogP contribution in [0.2, 0.25) is 0 Å². The number of hydrogen-bond donors (Lipinski definition) is 5. The minimum absolute atomic E-state index is 0. The number of piperidine rings is 3. The monoisotopic (exact) mass is 769 g/mol. The van der Waals surface area contributed by atoms with E-state index in [0.717, 1.165) is 96.3 Å². The molecule has 5 heterocycles. The number of carbonyl (C=O) groups excluding carboxylic acids is 2. The molecule has 11 nitrogen and oxygen atoms in total. The number of aryl methyl sites for hydroxylation is 2. The van der Waals surface area contributed by atoms with Crippen molar-refractivity contribution in [2.24, 2.45) is 5.92 Å². The van der Waals surface area contributed by atoms with Gasteiger partial charge >= 0.3 is 6.09 Å². The summed E-state index contributed by atoms with van der Waals surface area (Å²) in [4.78, 5) is 32.1. The number of carbonyl (C=O) groups is 2. The predicted octanol–water partition coefficient (Wildman–Crippen LogP) is 7.42. The third kappa shape index (κ3) is 9.18. The van der Waals surface area contributed by atoms with E-state index in [0.29, 0.717) is 55.4 Å². The Morgan fingerprint density at radius 2 is 1.75 bits per heavy atom. The van der Waals surface area contributed by atoms with E-state index in [1.54, 1.807) is 6.07 Å². The van der Waals surface area contributed by atoms with E-state index in [-0.39, 0.29) is 33.3 Å². The quantitative estimate of drug-likeness (QED) is 0.0610. The van der Waals surface area contributed by atoms with E-state index in [2.05, 4.69) is 51.2 Å². The molecule has 56 heavy (non-hydrogen) atoms. The van der Waals surface area contributed by atoms with E-state index in [1.165, 1.54) is 6.07 Å². The Hall–Kier alpha value is -5.37. The Balaban J connectivity index is 0.00000266. The van der Waals surface area contributed by atoms with E-state index in [1.807, 2.05) is 36.4 Å². The number of nitrogens with one attached hydrogen (secondary N) is 3. The summed E-state index contributed by atoms with van der Waals surface area (Å²) in [6, 6.07) is 25.6. The van der Waals surface area contributed by atoms with Gasteiger partial charge in [0, 0.05) is 38.0 Å². The number of amides is 2. The number of aromatic hydroxyl groups is 1. The van der Waals surface area contributed by atoms with Crippen molar-refractivity contribution < 1.29 is 38.4 Å². The molecule has 5 N–H and O–H groups in total. The molecule has 13 heteroatoms. The number of ether oxygens (including phenoxy) is 1. The summed E-state index contributed by atoms with van der Waals surface area (Å²) in [5.41, 5.74) is 8.34. The molecule has 1 aromatic heterocycles. The van der Waals surface area contributed by atoms with Crippen LogP contribution in [0.3, 0.4) is 0 Å². The van der Waals surface area contributed by atoms with Crippen molar-refractivity contribution in [2.75, 3.05) is 36.8 Å². The number of aliphatic hydroxyl groups is 1. The second-order valence-electron chi connectivity index (χ2n) is 14.8. The van der Waals surface area contributed by atoms with Gasteiger partial charge in [-0.05, 0) is 110 Å². The van der Waals surface area contributed by atoms with Crippen molar-refractivity contribution in [3.63, 3.8) is 0 Å². The molecule has 5 aromatic rings. The fourth-order valence-electron chi connectivity index (χ4n) is 8.16. The van der Waals surface area contributed by atoms with Crippen molar-refractivity contribution in [3.8, 4) is 16.9 Å². The zero-order valence-corrected chi connectivity index (χ0v) is 31.2. The Labute approximate surface area is 324 Å². The highest BCUT2D eigenvalue weighted by Crippen LogP contribution is 2.37. The second-order valence-corrected chi connectivity index (χ2v) is 14.8. The summed E-state index contributed by atoms with van der Waals surface area (Å²) in [5, 5.41) is 30.3. The van der Waals surface area contributed by atoms with Gasteiger partial charge in [-0.15, -0.1) is 0 Å². The largest absolute Gasteiger partial charge is 0.506 e. The average Bonchev–Trinajstić information content (AvgIpc) is 3.60. The molecule has 3 fully saturated rings. The van der Waals surface area contributed by atoms with Gasteiger partial charge in [0.2, 0.25) is 5.91 Å². The van der Waals surface area contributed by atoms with Crippen molar-refractivity contribution >= 4 is 34.5 Å². The number of aliphatic hydroxyl groups excluding tert-OH is 1. The Bertz CT molecular complexity index is 2140. The first-order valence-corrected chi connectivity index (χ1v) is 19.2. The standard InChI is InChI=1S/C43H47N5O6.2FH/c49-36-15-13-32(33-14-17-40(51)47-42(33)36)37(50)25-44-24-28-11-16-38-35(23-28)45-41(53-38)9-5-4-6-27-10-12-31(29-7-2-1-3-8-29)34(22-27)46-43(52)54-39-26-48-20-18-30(39)19-21-48;;/h1-3,7-8,10-13,15-16,22-23,30,37,39,44,49-50H,4-6,9,14,17-21,24-26H2,(H,46,52)(H,47,51);2*1H/t37-,39-;;/m0../s1. The average molecular weight is 770 g/mol. The molecular weight excluding hydrogens is 720 g/mol. The highest BCUT2D eigenvalue weighted by atomic mass is 19.0. The molecule has 0 radical (unpaired) electrons. The lowest BCUT2D eigenvalue weighted by atomic mass is 9.86. The van der Waals surface area contributed by atoms with Gasteiger partial charge in [-0.2, -0.15) is 0 Å². The van der Waals surface area contributed by atoms with Gasteiger partial charge in [0.1, 0.15) is 17.4 Å². The van der Waals surface area contributed by atoms with Gasteiger partial charge in [0.15, 0.2) is 11.5 Å². The van der Waals surface area contributed by atoms with Gasteiger partial charge in [-0.25, -0.2) is 9.78 Å². The molecule has 3 saturated heterocycles. The minimum atomic E-state index is -0.794. The number of anilines is 2. The lowest BCUT2D eigenvalue weighted by Crippen LogP contribution is -2.52. The Morgan fingerprint density at radius 3 is 2.54 bits per heavy atom. The van der Waals surface area contributed by atoms with Crippen LogP contribution < -0.4 is 16.0 Å². The number of nitrogens with zero attached hydrogens (tertiary/aromatic N) is 2. The molecule has 296 valence electrons. The zero-order valence-electron chi connectivity index (χ0n) is 31.2. The maximum atomic E-state index is 13.2. The number of unbranched alkanes of at least 4 members (excludes halogenated alkanes) is 1. The molecule has 0 unspecified atom stereocenters. The normalized spacial score (nSPS) is 18.9. The number of oxazole rings is 1. The number of benzene rings is 4. The van der Waals surface area contributed by atoms with Gasteiger partial charge in [0.05, 0.1) is 17.5 Å². The number of aromatic nitrogens is 1. The molecule has 0 spiro atoms. The highest BCUT2D eigenvalue weighted by molar-refractivity contribution is 5.96. The third-order valence-electron chi connectivity index (χ3n) is 11.1. The summed E-state index contributed by atoms with van der Waals surface area (Å²) in [6.45, 7) is 3.86. The van der Waals surface area contributed by atoms with Crippen LogP contribution >= 0.6 is 0 Å². The number of halogens is 2. The molecule has 2 atom stereocenters. The highest BCUT2D eigenvalue weighted by Gasteiger charge is 2.36. The van der Waals surface area contributed by atoms with Gasteiger partial charge in [0.25, 0.3) is 0 Å². The van der Waals surface area contributed by atoms with Crippen molar-refractivity contribution in [1.82, 2.24) is 15.2 Å². The van der Waals surface area contributed by atoms with Crippen LogP contribution in [-0.2, 0) is 35.3 Å². The lowest BCUT2D eigenvalue weighted by molar-refractivity contribution is -0.116. The van der Waals surface area contributed by atoms with Gasteiger partial charge in [-0.1, -0.05) is 54.6 Å². The number of rotatable bonds is 13. The topological polar surface area (TPSA) is 149 Å². The number of hydrogen-bond acceptors (Lipinski definition) is 9. The van der Waals surface area contributed by atoms with Crippen LogP contribution in [0.5, 0.6) is 5.75 Å².